The molecule has 0 fully saturated rings. The van der Waals surface area contributed by atoms with Crippen LogP contribution in [-0.4, -0.2) is 26.0 Å². The van der Waals surface area contributed by atoms with Crippen LogP contribution in [0.5, 0.6) is 0 Å². The molecule has 0 spiro atoms. The Bertz CT molecular complexity index is 533. The van der Waals surface area contributed by atoms with Gasteiger partial charge >= 0.3 is 5.97 Å². The highest BCUT2D eigenvalue weighted by molar-refractivity contribution is 6.77. The first kappa shape index (κ1) is 21.9. The average molecular weight is 367 g/mol. The van der Waals surface area contributed by atoms with Gasteiger partial charge in [0, 0.05) is 6.92 Å². The average Bonchev–Trinajstić information content (AvgIpc) is 2.52. The number of esters is 1. The van der Waals surface area contributed by atoms with E-state index in [1.54, 1.807) is 0 Å². The molecule has 0 aliphatic heterocycles. The summed E-state index contributed by atoms with van der Waals surface area (Å²) < 4.78 is 11.6. The number of aliphatic hydroxyl groups excluding tert-OH is 1. The summed E-state index contributed by atoms with van der Waals surface area (Å²) in [5, 5.41) is 10.7. The summed E-state index contributed by atoms with van der Waals surface area (Å²) in [6.45, 7) is 15.2. The summed E-state index contributed by atoms with van der Waals surface area (Å²) in [6, 6.07) is 7.51. The van der Waals surface area contributed by atoms with Crippen LogP contribution in [-0.2, 0) is 20.6 Å². The van der Waals surface area contributed by atoms with E-state index in [2.05, 4.69) is 41.5 Å². The van der Waals surface area contributed by atoms with E-state index in [0.29, 0.717) is 16.6 Å². The van der Waals surface area contributed by atoms with Gasteiger partial charge in [-0.1, -0.05) is 65.8 Å². The number of carbonyl (C=O) groups is 1. The van der Waals surface area contributed by atoms with E-state index in [0.717, 1.165) is 11.1 Å². The molecule has 0 radical (unpaired) electrons. The van der Waals surface area contributed by atoms with Crippen molar-refractivity contribution in [3.05, 3.63) is 35.4 Å². The summed E-state index contributed by atoms with van der Waals surface area (Å²) in [6.07, 6.45) is -0.727. The highest BCUT2D eigenvalue weighted by Gasteiger charge is 2.45. The maximum atomic E-state index is 11.1. The highest BCUT2D eigenvalue weighted by atomic mass is 28.4. The third-order valence-electron chi connectivity index (χ3n) is 5.04. The second kappa shape index (κ2) is 9.50. The van der Waals surface area contributed by atoms with Crippen molar-refractivity contribution in [3.8, 4) is 0 Å². The van der Waals surface area contributed by atoms with Gasteiger partial charge in [0.25, 0.3) is 0 Å². The van der Waals surface area contributed by atoms with Gasteiger partial charge in [0.05, 0.1) is 6.61 Å². The van der Waals surface area contributed by atoms with Crippen molar-refractivity contribution < 1.29 is 19.1 Å². The van der Waals surface area contributed by atoms with Crippen LogP contribution in [0.25, 0.3) is 0 Å². The van der Waals surface area contributed by atoms with Crippen molar-refractivity contribution in [2.75, 3.05) is 6.61 Å². The monoisotopic (exact) mass is 366 g/mol. The number of aliphatic hydroxyl groups is 1. The molecule has 142 valence electrons. The molecule has 0 heterocycles. The Labute approximate surface area is 153 Å². The molecule has 5 heteroatoms. The third-order valence-corrected chi connectivity index (χ3v) is 11.1. The molecule has 1 N–H and O–H groups in total. The Morgan fingerprint density at radius 1 is 1.04 bits per heavy atom. The molecular formula is C20H34O4Si. The number of hydrogen-bond acceptors (Lipinski definition) is 4. The summed E-state index contributed by atoms with van der Waals surface area (Å²) in [4.78, 5) is 11.1. The first-order valence-electron chi connectivity index (χ1n) is 9.16. The summed E-state index contributed by atoms with van der Waals surface area (Å²) in [5.41, 5.74) is 2.99. The fourth-order valence-electron chi connectivity index (χ4n) is 3.98. The van der Waals surface area contributed by atoms with Crippen molar-refractivity contribution in [1.29, 1.82) is 0 Å². The van der Waals surface area contributed by atoms with Gasteiger partial charge in [0.15, 0.2) is 8.32 Å². The minimum Gasteiger partial charge on any atom is -0.461 e. The van der Waals surface area contributed by atoms with Gasteiger partial charge in [-0.15, -0.1) is 0 Å². The SMILES string of the molecule is CC(=O)OCc1ccccc1[C@@H](O)CO[Si](C(C)C)(C(C)C)C(C)C. The molecule has 0 amide bonds. The van der Waals surface area contributed by atoms with Crippen molar-refractivity contribution in [2.24, 2.45) is 0 Å². The lowest BCUT2D eigenvalue weighted by Crippen LogP contribution is -2.48. The van der Waals surface area contributed by atoms with Crippen molar-refractivity contribution in [3.63, 3.8) is 0 Å². The van der Waals surface area contributed by atoms with E-state index < -0.39 is 14.4 Å². The normalized spacial score (nSPS) is 13.6. The summed E-state index contributed by atoms with van der Waals surface area (Å²) in [5.74, 6) is -0.327. The summed E-state index contributed by atoms with van der Waals surface area (Å²) in [7, 11) is -2.02. The molecule has 0 aromatic heterocycles. The fraction of sp³-hybridized carbons (Fsp3) is 0.650. The second-order valence-corrected chi connectivity index (χ2v) is 13.1. The van der Waals surface area contributed by atoms with Crippen LogP contribution >= 0.6 is 0 Å². The van der Waals surface area contributed by atoms with Crippen molar-refractivity contribution in [2.45, 2.75) is 77.8 Å². The zero-order chi connectivity index (χ0) is 19.2. The van der Waals surface area contributed by atoms with Gasteiger partial charge in [-0.2, -0.15) is 0 Å². The van der Waals surface area contributed by atoms with Crippen LogP contribution in [0.15, 0.2) is 24.3 Å². The van der Waals surface area contributed by atoms with Gasteiger partial charge in [-0.3, -0.25) is 4.79 Å². The third kappa shape index (κ3) is 5.40. The van der Waals surface area contributed by atoms with Gasteiger partial charge in [-0.25, -0.2) is 0 Å². The topological polar surface area (TPSA) is 55.8 Å². The molecule has 1 aromatic rings. The van der Waals surface area contributed by atoms with Gasteiger partial charge in [0.2, 0.25) is 0 Å². The smallest absolute Gasteiger partial charge is 0.302 e. The van der Waals surface area contributed by atoms with Gasteiger partial charge in [0.1, 0.15) is 12.7 Å². The Hall–Kier alpha value is -1.17. The lowest BCUT2D eigenvalue weighted by molar-refractivity contribution is -0.142. The number of ether oxygens (including phenoxy) is 1. The van der Waals surface area contributed by atoms with E-state index >= 15 is 0 Å². The lowest BCUT2D eigenvalue weighted by atomic mass is 10.0. The van der Waals surface area contributed by atoms with Crippen molar-refractivity contribution in [1.82, 2.24) is 0 Å². The zero-order valence-electron chi connectivity index (χ0n) is 16.7. The van der Waals surface area contributed by atoms with Crippen LogP contribution in [0, 0.1) is 0 Å². The quantitative estimate of drug-likeness (QED) is 0.495. The second-order valence-electron chi connectivity index (χ2n) is 7.62. The van der Waals surface area contributed by atoms with Crippen molar-refractivity contribution >= 4 is 14.3 Å². The largest absolute Gasteiger partial charge is 0.461 e. The van der Waals surface area contributed by atoms with Crippen LogP contribution in [0.1, 0.15) is 65.7 Å². The molecule has 0 bridgehead atoms. The number of benzene rings is 1. The highest BCUT2D eigenvalue weighted by Crippen LogP contribution is 2.42. The molecule has 1 aromatic carbocycles. The maximum absolute atomic E-state index is 11.1. The minimum atomic E-state index is -2.02. The van der Waals surface area contributed by atoms with Crippen LogP contribution in [0.2, 0.25) is 16.6 Å². The number of rotatable bonds is 9. The Morgan fingerprint density at radius 2 is 1.56 bits per heavy atom. The van der Waals surface area contributed by atoms with Gasteiger partial charge < -0.3 is 14.3 Å². The minimum absolute atomic E-state index is 0.170. The van der Waals surface area contributed by atoms with Crippen LogP contribution in [0.4, 0.5) is 0 Å². The van der Waals surface area contributed by atoms with E-state index in [1.807, 2.05) is 24.3 Å². The van der Waals surface area contributed by atoms with E-state index in [4.69, 9.17) is 9.16 Å². The fourth-order valence-corrected chi connectivity index (χ4v) is 9.43. The first-order chi connectivity index (χ1) is 11.6. The molecule has 0 unspecified atom stereocenters. The Balaban J connectivity index is 2.95. The van der Waals surface area contributed by atoms with Gasteiger partial charge in [-0.05, 0) is 27.8 Å². The Kier molecular flexibility index (Phi) is 8.31. The molecule has 25 heavy (non-hydrogen) atoms. The molecule has 1 atom stereocenters. The predicted octanol–water partition coefficient (Wildman–Crippen LogP) is 4.98. The zero-order valence-corrected chi connectivity index (χ0v) is 17.7. The number of carbonyl (C=O) groups excluding carboxylic acids is 1. The standard InChI is InChI=1S/C20H34O4Si/c1-14(2)25(15(3)4,16(5)6)24-13-20(22)19-11-9-8-10-18(19)12-23-17(7)21/h8-11,14-16,20,22H,12-13H2,1-7H3/t20-/m0/s1. The predicted molar refractivity (Wildman–Crippen MR) is 104 cm³/mol. The molecular weight excluding hydrogens is 332 g/mol. The van der Waals surface area contributed by atoms with E-state index in [9.17, 15) is 9.90 Å². The maximum Gasteiger partial charge on any atom is 0.302 e. The molecule has 1 rings (SSSR count). The molecule has 0 aliphatic rings. The number of hydrogen-bond donors (Lipinski definition) is 1. The van der Waals surface area contributed by atoms with Crippen LogP contribution in [0.3, 0.4) is 0 Å². The first-order valence-corrected chi connectivity index (χ1v) is 11.3. The lowest BCUT2D eigenvalue weighted by Gasteiger charge is -2.42. The van der Waals surface area contributed by atoms with E-state index in [-0.39, 0.29) is 19.2 Å². The molecule has 0 saturated heterocycles. The summed E-state index contributed by atoms with van der Waals surface area (Å²) >= 11 is 0. The molecule has 4 nitrogen and oxygen atoms in total. The van der Waals surface area contributed by atoms with Crippen LogP contribution < -0.4 is 0 Å². The molecule has 0 saturated carbocycles. The van der Waals surface area contributed by atoms with E-state index in [1.165, 1.54) is 6.92 Å². The Morgan fingerprint density at radius 3 is 2.04 bits per heavy atom. The molecule has 0 aliphatic carbocycles.